The molecule has 0 amide bonds. The Labute approximate surface area is 126 Å². The molecule has 0 aliphatic carbocycles. The van der Waals surface area contributed by atoms with Crippen LogP contribution in [0.2, 0.25) is 0 Å². The monoisotopic (exact) mass is 282 g/mol. The Morgan fingerprint density at radius 3 is 2.71 bits per heavy atom. The van der Waals surface area contributed by atoms with E-state index in [9.17, 15) is 0 Å². The molecular weight excluding hydrogens is 260 g/mol. The minimum atomic E-state index is 0.476. The molecule has 1 aromatic heterocycles. The normalized spacial score (nSPS) is 18.9. The highest BCUT2D eigenvalue weighted by Crippen LogP contribution is 2.34. The van der Waals surface area contributed by atoms with Crippen molar-refractivity contribution in [1.29, 1.82) is 0 Å². The molecule has 2 heterocycles. The van der Waals surface area contributed by atoms with Gasteiger partial charge in [-0.05, 0) is 37.4 Å². The first kappa shape index (κ1) is 14.1. The van der Waals surface area contributed by atoms with Gasteiger partial charge in [-0.2, -0.15) is 0 Å². The summed E-state index contributed by atoms with van der Waals surface area (Å²) in [7, 11) is 1.67. The standard InChI is InChI=1S/C18H22N2O/c1-14-16(10-11-18(19-14)21-2)17-9-6-12-20(17)13-15-7-4-3-5-8-15/h3-5,7-8,10-11,17H,6,9,12-13H2,1-2H3/t17-/m0/s1. The van der Waals surface area contributed by atoms with Gasteiger partial charge in [0.25, 0.3) is 0 Å². The molecule has 1 aromatic carbocycles. The van der Waals surface area contributed by atoms with Crippen molar-refractivity contribution in [1.82, 2.24) is 9.88 Å². The van der Waals surface area contributed by atoms with E-state index in [1.165, 1.54) is 24.0 Å². The van der Waals surface area contributed by atoms with Crippen LogP contribution in [0.3, 0.4) is 0 Å². The Hall–Kier alpha value is -1.87. The number of hydrogen-bond donors (Lipinski definition) is 0. The van der Waals surface area contributed by atoms with Gasteiger partial charge in [-0.15, -0.1) is 0 Å². The molecule has 0 unspecified atom stereocenters. The maximum absolute atomic E-state index is 5.21. The van der Waals surface area contributed by atoms with E-state index in [4.69, 9.17) is 4.74 Å². The van der Waals surface area contributed by atoms with E-state index in [0.29, 0.717) is 11.9 Å². The second-order valence-corrected chi connectivity index (χ2v) is 5.64. The van der Waals surface area contributed by atoms with Gasteiger partial charge in [0, 0.05) is 24.3 Å². The predicted octanol–water partition coefficient (Wildman–Crippen LogP) is 3.74. The first-order chi connectivity index (χ1) is 10.3. The van der Waals surface area contributed by atoms with Gasteiger partial charge >= 0.3 is 0 Å². The average Bonchev–Trinajstić information content (AvgIpc) is 2.96. The van der Waals surface area contributed by atoms with Gasteiger partial charge in [0.1, 0.15) is 0 Å². The van der Waals surface area contributed by atoms with Gasteiger partial charge in [0.15, 0.2) is 0 Å². The molecule has 0 bridgehead atoms. The van der Waals surface area contributed by atoms with Crippen molar-refractivity contribution in [2.24, 2.45) is 0 Å². The van der Waals surface area contributed by atoms with Gasteiger partial charge < -0.3 is 4.74 Å². The fourth-order valence-corrected chi connectivity index (χ4v) is 3.20. The number of ether oxygens (including phenoxy) is 1. The summed E-state index contributed by atoms with van der Waals surface area (Å²) in [5, 5.41) is 0. The van der Waals surface area contributed by atoms with Crippen molar-refractivity contribution in [2.75, 3.05) is 13.7 Å². The highest BCUT2D eigenvalue weighted by Gasteiger charge is 2.27. The summed E-state index contributed by atoms with van der Waals surface area (Å²) in [5.41, 5.74) is 3.80. The van der Waals surface area contributed by atoms with Crippen LogP contribution in [-0.4, -0.2) is 23.5 Å². The average molecular weight is 282 g/mol. The molecule has 0 spiro atoms. The van der Waals surface area contributed by atoms with Gasteiger partial charge in [0.05, 0.1) is 7.11 Å². The summed E-state index contributed by atoms with van der Waals surface area (Å²) in [5.74, 6) is 0.698. The zero-order valence-electron chi connectivity index (χ0n) is 12.7. The predicted molar refractivity (Wildman–Crippen MR) is 84.4 cm³/mol. The van der Waals surface area contributed by atoms with Crippen molar-refractivity contribution >= 4 is 0 Å². The minimum absolute atomic E-state index is 0.476. The van der Waals surface area contributed by atoms with Crippen LogP contribution in [0.25, 0.3) is 0 Å². The van der Waals surface area contributed by atoms with E-state index in [2.05, 4.69) is 53.2 Å². The first-order valence-electron chi connectivity index (χ1n) is 7.57. The number of rotatable bonds is 4. The quantitative estimate of drug-likeness (QED) is 0.854. The number of benzene rings is 1. The zero-order chi connectivity index (χ0) is 14.7. The second kappa shape index (κ2) is 6.27. The molecule has 2 aromatic rings. The van der Waals surface area contributed by atoms with E-state index in [1.54, 1.807) is 7.11 Å². The Bertz CT molecular complexity index is 597. The molecule has 3 rings (SSSR count). The minimum Gasteiger partial charge on any atom is -0.481 e. The molecule has 1 saturated heterocycles. The summed E-state index contributed by atoms with van der Waals surface area (Å²) in [6.45, 7) is 4.25. The fourth-order valence-electron chi connectivity index (χ4n) is 3.20. The molecule has 3 heteroatoms. The Balaban J connectivity index is 1.80. The second-order valence-electron chi connectivity index (χ2n) is 5.64. The van der Waals surface area contributed by atoms with Gasteiger partial charge in [-0.3, -0.25) is 4.90 Å². The lowest BCUT2D eigenvalue weighted by molar-refractivity contribution is 0.247. The Kier molecular flexibility index (Phi) is 4.20. The molecular formula is C18H22N2O. The molecule has 1 atom stereocenters. The van der Waals surface area contributed by atoms with Crippen LogP contribution in [0, 0.1) is 6.92 Å². The van der Waals surface area contributed by atoms with Crippen LogP contribution in [0.4, 0.5) is 0 Å². The van der Waals surface area contributed by atoms with Crippen LogP contribution >= 0.6 is 0 Å². The number of hydrogen-bond acceptors (Lipinski definition) is 3. The lowest BCUT2D eigenvalue weighted by Crippen LogP contribution is -2.23. The van der Waals surface area contributed by atoms with Crippen LogP contribution in [0.1, 0.15) is 35.7 Å². The molecule has 1 fully saturated rings. The van der Waals surface area contributed by atoms with Crippen LogP contribution < -0.4 is 4.74 Å². The van der Waals surface area contributed by atoms with Crippen molar-refractivity contribution < 1.29 is 4.74 Å². The van der Waals surface area contributed by atoms with Crippen molar-refractivity contribution in [3.05, 3.63) is 59.3 Å². The molecule has 3 nitrogen and oxygen atoms in total. The van der Waals surface area contributed by atoms with E-state index >= 15 is 0 Å². The van der Waals surface area contributed by atoms with Crippen LogP contribution in [-0.2, 0) is 6.54 Å². The van der Waals surface area contributed by atoms with Gasteiger partial charge in [-0.25, -0.2) is 4.98 Å². The number of methoxy groups -OCH3 is 1. The van der Waals surface area contributed by atoms with E-state index in [0.717, 1.165) is 18.8 Å². The number of likely N-dealkylation sites (tertiary alicyclic amines) is 1. The summed E-state index contributed by atoms with van der Waals surface area (Å²) < 4.78 is 5.21. The number of nitrogens with zero attached hydrogens (tertiary/aromatic N) is 2. The molecule has 1 aliphatic heterocycles. The first-order valence-corrected chi connectivity index (χ1v) is 7.57. The smallest absolute Gasteiger partial charge is 0.213 e. The third kappa shape index (κ3) is 3.08. The highest BCUT2D eigenvalue weighted by molar-refractivity contribution is 5.29. The highest BCUT2D eigenvalue weighted by atomic mass is 16.5. The SMILES string of the molecule is COc1ccc([C@@H]2CCCN2Cc2ccccc2)c(C)n1. The summed E-state index contributed by atoms with van der Waals surface area (Å²) in [6.07, 6.45) is 2.46. The number of aromatic nitrogens is 1. The van der Waals surface area contributed by atoms with E-state index in [1.807, 2.05) is 6.07 Å². The molecule has 0 saturated carbocycles. The topological polar surface area (TPSA) is 25.4 Å². The molecule has 0 radical (unpaired) electrons. The lowest BCUT2D eigenvalue weighted by Gasteiger charge is -2.26. The maximum atomic E-state index is 5.21. The maximum Gasteiger partial charge on any atom is 0.213 e. The van der Waals surface area contributed by atoms with E-state index in [-0.39, 0.29) is 0 Å². The largest absolute Gasteiger partial charge is 0.481 e. The number of aryl methyl sites for hydroxylation is 1. The van der Waals surface area contributed by atoms with E-state index < -0.39 is 0 Å². The lowest BCUT2D eigenvalue weighted by atomic mass is 10.0. The van der Waals surface area contributed by atoms with Gasteiger partial charge in [0.2, 0.25) is 5.88 Å². The number of pyridine rings is 1. The summed E-state index contributed by atoms with van der Waals surface area (Å²) in [6, 6.07) is 15.3. The van der Waals surface area contributed by atoms with Crippen molar-refractivity contribution in [2.45, 2.75) is 32.4 Å². The van der Waals surface area contributed by atoms with Gasteiger partial charge in [-0.1, -0.05) is 36.4 Å². The molecule has 1 aliphatic rings. The molecule has 110 valence electrons. The third-order valence-corrected chi connectivity index (χ3v) is 4.26. The molecule has 21 heavy (non-hydrogen) atoms. The zero-order valence-corrected chi connectivity index (χ0v) is 12.7. The van der Waals surface area contributed by atoms with Crippen molar-refractivity contribution in [3.63, 3.8) is 0 Å². The molecule has 0 N–H and O–H groups in total. The Morgan fingerprint density at radius 1 is 1.19 bits per heavy atom. The summed E-state index contributed by atoms with van der Waals surface area (Å²) >= 11 is 0. The fraction of sp³-hybridized carbons (Fsp3) is 0.389. The summed E-state index contributed by atoms with van der Waals surface area (Å²) in [4.78, 5) is 7.09. The van der Waals surface area contributed by atoms with Crippen molar-refractivity contribution in [3.8, 4) is 5.88 Å². The Morgan fingerprint density at radius 2 is 2.00 bits per heavy atom. The third-order valence-electron chi connectivity index (χ3n) is 4.26. The van der Waals surface area contributed by atoms with Crippen LogP contribution in [0.5, 0.6) is 5.88 Å². The van der Waals surface area contributed by atoms with Crippen LogP contribution in [0.15, 0.2) is 42.5 Å².